The molecular weight excluding hydrogens is 412 g/mol. The lowest BCUT2D eigenvalue weighted by molar-refractivity contribution is -0.131. The van der Waals surface area contributed by atoms with Gasteiger partial charge in [-0.05, 0) is 12.5 Å². The number of H-pyrrole nitrogens is 1. The van der Waals surface area contributed by atoms with Crippen LogP contribution in [-0.2, 0) is 27.0 Å². The van der Waals surface area contributed by atoms with E-state index in [4.69, 9.17) is 0 Å². The summed E-state index contributed by atoms with van der Waals surface area (Å²) in [5.74, 6) is 0.491. The zero-order chi connectivity index (χ0) is 21.0. The normalized spacial score (nSPS) is 15.4. The number of carbonyl (C=O) groups is 1. The minimum Gasteiger partial charge on any atom is -0.340 e. The summed E-state index contributed by atoms with van der Waals surface area (Å²) < 4.78 is 24.5. The van der Waals surface area contributed by atoms with Gasteiger partial charge in [-0.25, -0.2) is 13.4 Å². The molecule has 10 heteroatoms. The average Bonchev–Trinajstić information content (AvgIpc) is 2.69. The van der Waals surface area contributed by atoms with Crippen molar-refractivity contribution < 1.29 is 13.2 Å². The fourth-order valence-corrected chi connectivity index (χ4v) is 4.81. The van der Waals surface area contributed by atoms with Gasteiger partial charge in [0, 0.05) is 43.2 Å². The molecule has 8 nitrogen and oxygen atoms in total. The van der Waals surface area contributed by atoms with Gasteiger partial charge in [-0.1, -0.05) is 42.1 Å². The first-order valence-corrected chi connectivity index (χ1v) is 12.1. The molecule has 1 saturated heterocycles. The summed E-state index contributed by atoms with van der Waals surface area (Å²) in [5, 5.41) is 0.523. The van der Waals surface area contributed by atoms with Gasteiger partial charge >= 0.3 is 0 Å². The number of hydrogen-bond acceptors (Lipinski definition) is 6. The Hall–Kier alpha value is -2.17. The van der Waals surface area contributed by atoms with Crippen LogP contribution < -0.4 is 5.56 Å². The van der Waals surface area contributed by atoms with Gasteiger partial charge in [0.15, 0.2) is 5.16 Å². The molecule has 1 N–H and O–H groups in total. The highest BCUT2D eigenvalue weighted by molar-refractivity contribution is 7.98. The van der Waals surface area contributed by atoms with Crippen LogP contribution in [-0.4, -0.2) is 65.9 Å². The van der Waals surface area contributed by atoms with Gasteiger partial charge in [-0.2, -0.15) is 4.31 Å². The fourth-order valence-electron chi connectivity index (χ4n) is 3.12. The number of aryl methyl sites for hydroxylation is 1. The molecular formula is C19H24N4O4S2. The van der Waals surface area contributed by atoms with Gasteiger partial charge in [0.05, 0.1) is 12.7 Å². The van der Waals surface area contributed by atoms with Crippen LogP contribution in [0.15, 0.2) is 40.3 Å². The van der Waals surface area contributed by atoms with Crippen LogP contribution in [0.2, 0.25) is 0 Å². The minimum atomic E-state index is -3.25. The predicted octanol–water partition coefficient (Wildman–Crippen LogP) is 1.02. The van der Waals surface area contributed by atoms with Crippen LogP contribution in [0.4, 0.5) is 0 Å². The van der Waals surface area contributed by atoms with Gasteiger partial charge in [0.2, 0.25) is 15.9 Å². The predicted molar refractivity (Wildman–Crippen MR) is 112 cm³/mol. The van der Waals surface area contributed by atoms with Gasteiger partial charge in [0.1, 0.15) is 0 Å². The second-order valence-corrected chi connectivity index (χ2v) is 9.88. The third kappa shape index (κ3) is 5.68. The summed E-state index contributed by atoms with van der Waals surface area (Å²) in [6.07, 6.45) is 1.12. The molecule has 0 atom stereocenters. The Morgan fingerprint density at radius 1 is 1.17 bits per heavy atom. The van der Waals surface area contributed by atoms with Gasteiger partial charge in [0.25, 0.3) is 5.56 Å². The highest BCUT2D eigenvalue weighted by Crippen LogP contribution is 2.19. The monoisotopic (exact) mass is 436 g/mol. The highest BCUT2D eigenvalue weighted by Gasteiger charge is 2.26. The van der Waals surface area contributed by atoms with Gasteiger partial charge < -0.3 is 9.88 Å². The van der Waals surface area contributed by atoms with Crippen molar-refractivity contribution in [3.8, 4) is 0 Å². The zero-order valence-corrected chi connectivity index (χ0v) is 18.1. The maximum atomic E-state index is 12.6. The lowest BCUT2D eigenvalue weighted by Gasteiger charge is -2.33. The van der Waals surface area contributed by atoms with Crippen LogP contribution in [0.1, 0.15) is 16.8 Å². The number of benzene rings is 1. The number of nitrogens with zero attached hydrogens (tertiary/aromatic N) is 3. The van der Waals surface area contributed by atoms with E-state index in [0.29, 0.717) is 35.3 Å². The molecule has 29 heavy (non-hydrogen) atoms. The van der Waals surface area contributed by atoms with Crippen molar-refractivity contribution in [3.05, 3.63) is 57.5 Å². The third-order valence-electron chi connectivity index (χ3n) is 4.81. The van der Waals surface area contributed by atoms with Crippen LogP contribution in [0.3, 0.4) is 0 Å². The second-order valence-electron chi connectivity index (χ2n) is 6.93. The molecule has 2 heterocycles. The first kappa shape index (κ1) is 21.5. The molecule has 0 unspecified atom stereocenters. The minimum absolute atomic E-state index is 0.0450. The molecule has 0 saturated carbocycles. The number of sulfonamides is 1. The van der Waals surface area contributed by atoms with Crippen LogP contribution in [0, 0.1) is 6.92 Å². The number of hydrogen-bond donors (Lipinski definition) is 1. The Labute approximate surface area is 174 Å². The Morgan fingerprint density at radius 3 is 2.41 bits per heavy atom. The van der Waals surface area contributed by atoms with Crippen molar-refractivity contribution in [1.82, 2.24) is 19.2 Å². The number of carbonyl (C=O) groups excluding carboxylic acids is 1. The van der Waals surface area contributed by atoms with Crippen molar-refractivity contribution in [3.63, 3.8) is 0 Å². The van der Waals surface area contributed by atoms with Crippen molar-refractivity contribution in [1.29, 1.82) is 0 Å². The molecule has 0 radical (unpaired) electrons. The van der Waals surface area contributed by atoms with E-state index in [0.717, 1.165) is 11.8 Å². The Morgan fingerprint density at radius 2 is 1.83 bits per heavy atom. The maximum absolute atomic E-state index is 12.6. The van der Waals surface area contributed by atoms with Crippen LogP contribution >= 0.6 is 11.8 Å². The summed E-state index contributed by atoms with van der Waals surface area (Å²) in [4.78, 5) is 33.9. The van der Waals surface area contributed by atoms with E-state index in [1.165, 1.54) is 16.1 Å². The van der Waals surface area contributed by atoms with E-state index in [2.05, 4.69) is 9.97 Å². The van der Waals surface area contributed by atoms with E-state index in [9.17, 15) is 18.0 Å². The molecule has 0 spiro atoms. The molecule has 1 fully saturated rings. The standard InChI is InChI=1S/C19H24N4O4S2/c1-14-16(12-17(24)22-8-10-23(11-9-22)29(2,26)27)18(25)21-19(20-14)28-13-15-6-4-3-5-7-15/h3-7H,8-13H2,1-2H3,(H,20,21,25). The van der Waals surface area contributed by atoms with Gasteiger partial charge in [-0.3, -0.25) is 9.59 Å². The molecule has 1 aromatic carbocycles. The molecule has 2 aromatic rings. The van der Waals surface area contributed by atoms with Crippen LogP contribution in [0.5, 0.6) is 0 Å². The number of aromatic nitrogens is 2. The van der Waals surface area contributed by atoms with E-state index in [1.54, 1.807) is 11.8 Å². The summed E-state index contributed by atoms with van der Waals surface area (Å²) >= 11 is 1.44. The number of amides is 1. The maximum Gasteiger partial charge on any atom is 0.255 e. The topological polar surface area (TPSA) is 103 Å². The number of piperazine rings is 1. The summed E-state index contributed by atoms with van der Waals surface area (Å²) in [5.41, 5.74) is 1.71. The number of aromatic amines is 1. The smallest absolute Gasteiger partial charge is 0.255 e. The number of rotatable bonds is 6. The van der Waals surface area contributed by atoms with E-state index in [-0.39, 0.29) is 31.0 Å². The highest BCUT2D eigenvalue weighted by atomic mass is 32.2. The molecule has 3 rings (SSSR count). The number of nitrogens with one attached hydrogen (secondary N) is 1. The van der Waals surface area contributed by atoms with E-state index >= 15 is 0 Å². The van der Waals surface area contributed by atoms with Crippen molar-refractivity contribution in [2.45, 2.75) is 24.3 Å². The van der Waals surface area contributed by atoms with Crippen molar-refractivity contribution in [2.24, 2.45) is 0 Å². The lowest BCUT2D eigenvalue weighted by atomic mass is 10.1. The zero-order valence-electron chi connectivity index (χ0n) is 16.4. The van der Waals surface area contributed by atoms with Gasteiger partial charge in [-0.15, -0.1) is 0 Å². The molecule has 1 aliphatic heterocycles. The summed E-state index contributed by atoms with van der Waals surface area (Å²) in [6, 6.07) is 9.89. The van der Waals surface area contributed by atoms with Crippen molar-refractivity contribution >= 4 is 27.7 Å². The molecule has 0 bridgehead atoms. The van der Waals surface area contributed by atoms with Crippen LogP contribution in [0.25, 0.3) is 0 Å². The number of thioether (sulfide) groups is 1. The average molecular weight is 437 g/mol. The summed E-state index contributed by atoms with van der Waals surface area (Å²) in [6.45, 7) is 2.91. The molecule has 1 aromatic heterocycles. The van der Waals surface area contributed by atoms with E-state index in [1.807, 2.05) is 30.3 Å². The second kappa shape index (κ2) is 9.10. The quantitative estimate of drug-likeness (QED) is 0.536. The Bertz CT molecular complexity index is 1030. The largest absolute Gasteiger partial charge is 0.340 e. The Balaban J connectivity index is 1.62. The molecule has 1 amide bonds. The molecule has 156 valence electrons. The van der Waals surface area contributed by atoms with E-state index < -0.39 is 10.0 Å². The van der Waals surface area contributed by atoms with Crippen molar-refractivity contribution in [2.75, 3.05) is 32.4 Å². The third-order valence-corrected chi connectivity index (χ3v) is 7.05. The lowest BCUT2D eigenvalue weighted by Crippen LogP contribution is -2.50. The summed E-state index contributed by atoms with van der Waals surface area (Å²) in [7, 11) is -3.25. The first-order valence-electron chi connectivity index (χ1n) is 9.23. The molecule has 1 aliphatic rings. The first-order chi connectivity index (χ1) is 13.7. The Kier molecular flexibility index (Phi) is 6.76. The fraction of sp³-hybridized carbons (Fsp3) is 0.421. The molecule has 0 aliphatic carbocycles. The SMILES string of the molecule is Cc1nc(SCc2ccccc2)[nH]c(=O)c1CC(=O)N1CCN(S(C)(=O)=O)CC1.